The van der Waals surface area contributed by atoms with Crippen LogP contribution in [0.3, 0.4) is 0 Å². The van der Waals surface area contributed by atoms with Crippen LogP contribution in [0.4, 0.5) is 0 Å². The molecule has 2 aromatic rings. The summed E-state index contributed by atoms with van der Waals surface area (Å²) in [6.45, 7) is 3.88. The van der Waals surface area contributed by atoms with Crippen molar-refractivity contribution in [3.63, 3.8) is 0 Å². The van der Waals surface area contributed by atoms with Crippen molar-refractivity contribution >= 4 is 29.3 Å². The first kappa shape index (κ1) is 15.5. The number of hydrogen-bond donors (Lipinski definition) is 1. The van der Waals surface area contributed by atoms with Gasteiger partial charge in [-0.2, -0.15) is 0 Å². The smallest absolute Gasteiger partial charge is 0.335 e. The van der Waals surface area contributed by atoms with Gasteiger partial charge in [-0.25, -0.2) is 9.78 Å². The summed E-state index contributed by atoms with van der Waals surface area (Å²) in [5, 5.41) is 9.75. The number of benzene rings is 1. The fourth-order valence-corrected chi connectivity index (χ4v) is 2.20. The van der Waals surface area contributed by atoms with Crippen LogP contribution < -0.4 is 4.74 Å². The van der Waals surface area contributed by atoms with Crippen molar-refractivity contribution in [2.75, 3.05) is 26.2 Å². The summed E-state index contributed by atoms with van der Waals surface area (Å²) in [5.41, 5.74) is 1.02. The Labute approximate surface area is 128 Å². The maximum atomic E-state index is 10.9. The first-order chi connectivity index (χ1) is 9.72. The number of carbonyl (C=O) groups is 1. The van der Waals surface area contributed by atoms with Crippen LogP contribution in [0.2, 0.25) is 0 Å². The molecule has 5 nitrogen and oxygen atoms in total. The first-order valence-electron chi connectivity index (χ1n) is 6.72. The largest absolute Gasteiger partial charge is 0.478 e. The molecule has 112 valence electrons. The Morgan fingerprint density at radius 2 is 2.10 bits per heavy atom. The minimum Gasteiger partial charge on any atom is -0.478 e. The van der Waals surface area contributed by atoms with Gasteiger partial charge in [0.15, 0.2) is 0 Å². The van der Waals surface area contributed by atoms with Gasteiger partial charge in [0, 0.05) is 18.0 Å². The Kier molecular flexibility index (Phi) is 4.98. The normalized spacial score (nSPS) is 14.3. The topological polar surface area (TPSA) is 62.7 Å². The third-order valence-corrected chi connectivity index (χ3v) is 3.52. The number of carboxylic acids is 1. The molecule has 0 amide bonds. The minimum atomic E-state index is -0.929. The van der Waals surface area contributed by atoms with E-state index in [2.05, 4.69) is 9.88 Å². The number of aromatic carboxylic acids is 1. The lowest BCUT2D eigenvalue weighted by Gasteiger charge is -2.30. The second kappa shape index (κ2) is 6.74. The number of fused-ring (bicyclic) bond motifs is 1. The number of rotatable bonds is 5. The number of halogens is 1. The van der Waals surface area contributed by atoms with E-state index in [4.69, 9.17) is 9.84 Å². The van der Waals surface area contributed by atoms with Gasteiger partial charge in [-0.1, -0.05) is 0 Å². The average Bonchev–Trinajstić information content (AvgIpc) is 2.40. The van der Waals surface area contributed by atoms with Crippen molar-refractivity contribution in [3.8, 4) is 5.88 Å². The zero-order valence-electron chi connectivity index (χ0n) is 11.5. The summed E-state index contributed by atoms with van der Waals surface area (Å²) in [6, 6.07) is 8.51. The number of nitrogens with zero attached hydrogens (tertiary/aromatic N) is 2. The van der Waals surface area contributed by atoms with E-state index in [9.17, 15) is 4.79 Å². The van der Waals surface area contributed by atoms with Crippen LogP contribution in [0.5, 0.6) is 5.88 Å². The van der Waals surface area contributed by atoms with Crippen LogP contribution in [0, 0.1) is 0 Å². The molecule has 3 rings (SSSR count). The van der Waals surface area contributed by atoms with Gasteiger partial charge in [0.25, 0.3) is 0 Å². The van der Waals surface area contributed by atoms with Gasteiger partial charge in [-0.05, 0) is 43.8 Å². The van der Waals surface area contributed by atoms with Crippen molar-refractivity contribution < 1.29 is 14.6 Å². The molecule has 0 bridgehead atoms. The zero-order valence-corrected chi connectivity index (χ0v) is 12.3. The highest BCUT2D eigenvalue weighted by Crippen LogP contribution is 2.18. The minimum absolute atomic E-state index is 0. The summed E-state index contributed by atoms with van der Waals surface area (Å²) in [5.74, 6) is -0.345. The van der Waals surface area contributed by atoms with Crippen LogP contribution in [0.1, 0.15) is 16.8 Å². The number of pyridine rings is 1. The third kappa shape index (κ3) is 3.62. The molecule has 0 aliphatic carbocycles. The molecule has 0 atom stereocenters. The van der Waals surface area contributed by atoms with Gasteiger partial charge >= 0.3 is 5.97 Å². The second-order valence-corrected chi connectivity index (χ2v) is 4.91. The maximum Gasteiger partial charge on any atom is 0.335 e. The van der Waals surface area contributed by atoms with Gasteiger partial charge in [0.1, 0.15) is 6.61 Å². The molecule has 21 heavy (non-hydrogen) atoms. The monoisotopic (exact) mass is 308 g/mol. The van der Waals surface area contributed by atoms with E-state index in [-0.39, 0.29) is 18.0 Å². The molecule has 1 aliphatic rings. The standard InChI is InChI=1S/C15H16N2O3.ClH/c18-15(19)12-2-4-13-11(10-12)3-5-14(16-13)20-9-8-17-6-1-7-17;/h2-5,10H,1,6-9H2,(H,18,19);1H. The van der Waals surface area contributed by atoms with Gasteiger partial charge in [-0.15, -0.1) is 12.4 Å². The first-order valence-corrected chi connectivity index (χ1v) is 6.72. The van der Waals surface area contributed by atoms with Crippen LogP contribution in [0.15, 0.2) is 30.3 Å². The van der Waals surface area contributed by atoms with Gasteiger partial charge in [0.2, 0.25) is 5.88 Å². The lowest BCUT2D eigenvalue weighted by molar-refractivity contribution is 0.0697. The lowest BCUT2D eigenvalue weighted by Crippen LogP contribution is -2.39. The lowest BCUT2D eigenvalue weighted by atomic mass is 10.1. The molecule has 0 saturated carbocycles. The Morgan fingerprint density at radius 1 is 1.29 bits per heavy atom. The molecule has 0 radical (unpaired) electrons. The van der Waals surface area contributed by atoms with E-state index in [1.807, 2.05) is 6.07 Å². The van der Waals surface area contributed by atoms with Crippen molar-refractivity contribution in [1.29, 1.82) is 0 Å². The Hall–Kier alpha value is -1.85. The molecule has 1 saturated heterocycles. The fourth-order valence-electron chi connectivity index (χ4n) is 2.20. The van der Waals surface area contributed by atoms with E-state index in [1.165, 1.54) is 6.42 Å². The van der Waals surface area contributed by atoms with Crippen LogP contribution >= 0.6 is 12.4 Å². The van der Waals surface area contributed by atoms with Crippen LogP contribution in [0.25, 0.3) is 10.9 Å². The molecule has 6 heteroatoms. The van der Waals surface area contributed by atoms with E-state index in [0.717, 1.165) is 30.5 Å². The number of carboxylic acid groups (broad SMARTS) is 1. The highest BCUT2D eigenvalue weighted by atomic mass is 35.5. The molecular weight excluding hydrogens is 292 g/mol. The van der Waals surface area contributed by atoms with Crippen molar-refractivity contribution in [3.05, 3.63) is 35.9 Å². The molecule has 1 aromatic carbocycles. The third-order valence-electron chi connectivity index (χ3n) is 3.52. The van der Waals surface area contributed by atoms with Crippen molar-refractivity contribution in [1.82, 2.24) is 9.88 Å². The Morgan fingerprint density at radius 3 is 2.76 bits per heavy atom. The van der Waals surface area contributed by atoms with E-state index >= 15 is 0 Å². The van der Waals surface area contributed by atoms with Crippen molar-refractivity contribution in [2.45, 2.75) is 6.42 Å². The zero-order chi connectivity index (χ0) is 13.9. The summed E-state index contributed by atoms with van der Waals surface area (Å²) < 4.78 is 5.63. The SMILES string of the molecule is Cl.O=C(O)c1ccc2nc(OCCN3CCC3)ccc2c1. The number of ether oxygens (including phenoxy) is 1. The number of likely N-dealkylation sites (tertiary alicyclic amines) is 1. The van der Waals surface area contributed by atoms with E-state index in [0.29, 0.717) is 12.5 Å². The molecule has 1 aromatic heterocycles. The summed E-state index contributed by atoms with van der Waals surface area (Å²) in [4.78, 5) is 17.6. The fraction of sp³-hybridized carbons (Fsp3) is 0.333. The quantitative estimate of drug-likeness (QED) is 0.919. The summed E-state index contributed by atoms with van der Waals surface area (Å²) >= 11 is 0. The molecule has 1 aliphatic heterocycles. The predicted octanol–water partition coefficient (Wildman–Crippen LogP) is 2.44. The average molecular weight is 309 g/mol. The van der Waals surface area contributed by atoms with E-state index < -0.39 is 5.97 Å². The van der Waals surface area contributed by atoms with Crippen LogP contribution in [-0.4, -0.2) is 47.2 Å². The molecule has 0 unspecified atom stereocenters. The molecule has 2 heterocycles. The molecule has 1 fully saturated rings. The predicted molar refractivity (Wildman–Crippen MR) is 82.5 cm³/mol. The van der Waals surface area contributed by atoms with Gasteiger partial charge < -0.3 is 9.84 Å². The number of aromatic nitrogens is 1. The van der Waals surface area contributed by atoms with Gasteiger partial charge in [-0.3, -0.25) is 4.90 Å². The second-order valence-electron chi connectivity index (χ2n) is 4.91. The van der Waals surface area contributed by atoms with Crippen LogP contribution in [-0.2, 0) is 0 Å². The number of hydrogen-bond acceptors (Lipinski definition) is 4. The van der Waals surface area contributed by atoms with E-state index in [1.54, 1.807) is 24.3 Å². The molecule has 1 N–H and O–H groups in total. The van der Waals surface area contributed by atoms with Crippen molar-refractivity contribution in [2.24, 2.45) is 0 Å². The highest BCUT2D eigenvalue weighted by molar-refractivity contribution is 5.93. The maximum absolute atomic E-state index is 10.9. The Balaban J connectivity index is 0.00000161. The molecule has 0 spiro atoms. The Bertz CT molecular complexity index is 644. The summed E-state index contributed by atoms with van der Waals surface area (Å²) in [6.07, 6.45) is 1.28. The summed E-state index contributed by atoms with van der Waals surface area (Å²) in [7, 11) is 0. The highest BCUT2D eigenvalue weighted by Gasteiger charge is 2.13. The molecular formula is C15H17ClN2O3. The van der Waals surface area contributed by atoms with Gasteiger partial charge in [0.05, 0.1) is 11.1 Å².